The minimum atomic E-state index is 0.0907. The highest BCUT2D eigenvalue weighted by molar-refractivity contribution is 5.77. The van der Waals surface area contributed by atoms with Gasteiger partial charge in [0.2, 0.25) is 5.91 Å². The number of hydrogen-bond donors (Lipinski definition) is 0. The van der Waals surface area contributed by atoms with Gasteiger partial charge in [-0.3, -0.25) is 9.78 Å². The number of carbonyl (C=O) groups is 1. The van der Waals surface area contributed by atoms with Gasteiger partial charge in [-0.05, 0) is 37.5 Å². The molecule has 0 radical (unpaired) electrons. The Hall–Kier alpha value is -1.42. The Kier molecular flexibility index (Phi) is 4.31. The van der Waals surface area contributed by atoms with Gasteiger partial charge in [-0.15, -0.1) is 0 Å². The number of ether oxygens (including phenoxy) is 1. The molecule has 1 atom stereocenters. The molecule has 98 valence electrons. The Morgan fingerprint density at radius 2 is 2.44 bits per heavy atom. The number of methoxy groups -OCH3 is 1. The molecule has 1 fully saturated rings. The van der Waals surface area contributed by atoms with Gasteiger partial charge in [-0.1, -0.05) is 0 Å². The van der Waals surface area contributed by atoms with Gasteiger partial charge < -0.3 is 9.64 Å². The monoisotopic (exact) mass is 248 g/mol. The van der Waals surface area contributed by atoms with Crippen LogP contribution >= 0.6 is 0 Å². The second-order valence-electron chi connectivity index (χ2n) is 4.84. The van der Waals surface area contributed by atoms with Crippen LogP contribution in [0.1, 0.15) is 30.0 Å². The summed E-state index contributed by atoms with van der Waals surface area (Å²) < 4.78 is 4.92. The summed E-state index contributed by atoms with van der Waals surface area (Å²) >= 11 is 0. The van der Waals surface area contributed by atoms with Crippen LogP contribution in [0, 0.1) is 6.92 Å². The molecule has 18 heavy (non-hydrogen) atoms. The molecule has 1 aromatic heterocycles. The Bertz CT molecular complexity index is 420. The van der Waals surface area contributed by atoms with E-state index in [0.717, 1.165) is 31.6 Å². The first-order valence-electron chi connectivity index (χ1n) is 6.40. The highest BCUT2D eigenvalue weighted by Crippen LogP contribution is 2.26. The van der Waals surface area contributed by atoms with Crippen molar-refractivity contribution in [3.05, 3.63) is 29.6 Å². The van der Waals surface area contributed by atoms with E-state index in [1.807, 2.05) is 18.0 Å². The van der Waals surface area contributed by atoms with Gasteiger partial charge in [-0.25, -0.2) is 0 Å². The maximum atomic E-state index is 11.8. The minimum absolute atomic E-state index is 0.0907. The highest BCUT2D eigenvalue weighted by Gasteiger charge is 2.24. The number of aryl methyl sites for hydroxylation is 1. The molecule has 1 aliphatic heterocycles. The van der Waals surface area contributed by atoms with E-state index < -0.39 is 0 Å². The van der Waals surface area contributed by atoms with Crippen LogP contribution in [0.3, 0.4) is 0 Å². The number of piperidine rings is 1. The van der Waals surface area contributed by atoms with Crippen molar-refractivity contribution in [2.75, 3.05) is 26.8 Å². The van der Waals surface area contributed by atoms with Gasteiger partial charge in [0.1, 0.15) is 6.61 Å². The van der Waals surface area contributed by atoms with E-state index in [4.69, 9.17) is 4.74 Å². The van der Waals surface area contributed by atoms with Crippen LogP contribution in [0.25, 0.3) is 0 Å². The van der Waals surface area contributed by atoms with E-state index in [1.54, 1.807) is 7.11 Å². The van der Waals surface area contributed by atoms with Crippen LogP contribution in [0.15, 0.2) is 18.3 Å². The molecule has 0 aromatic carbocycles. The molecule has 0 saturated carbocycles. The first-order chi connectivity index (χ1) is 8.70. The van der Waals surface area contributed by atoms with Crippen LogP contribution in [0.4, 0.5) is 0 Å². The van der Waals surface area contributed by atoms with Crippen molar-refractivity contribution in [3.63, 3.8) is 0 Å². The van der Waals surface area contributed by atoms with Crippen LogP contribution in [-0.4, -0.2) is 42.6 Å². The van der Waals surface area contributed by atoms with Crippen LogP contribution < -0.4 is 0 Å². The first kappa shape index (κ1) is 13.0. The third kappa shape index (κ3) is 3.07. The van der Waals surface area contributed by atoms with E-state index in [-0.39, 0.29) is 12.5 Å². The van der Waals surface area contributed by atoms with Crippen LogP contribution in [0.2, 0.25) is 0 Å². The van der Waals surface area contributed by atoms with Crippen molar-refractivity contribution in [2.45, 2.75) is 25.7 Å². The molecular weight excluding hydrogens is 228 g/mol. The van der Waals surface area contributed by atoms with Gasteiger partial charge in [0.25, 0.3) is 0 Å². The van der Waals surface area contributed by atoms with Gasteiger partial charge in [0, 0.05) is 38.0 Å². The fourth-order valence-electron chi connectivity index (χ4n) is 2.51. The molecule has 4 nitrogen and oxygen atoms in total. The summed E-state index contributed by atoms with van der Waals surface area (Å²) in [6, 6.07) is 4.18. The van der Waals surface area contributed by atoms with E-state index in [0.29, 0.717) is 5.92 Å². The molecule has 0 spiro atoms. The normalized spacial score (nSPS) is 19.9. The lowest BCUT2D eigenvalue weighted by molar-refractivity contribution is -0.136. The standard InChI is InChI=1S/C14H20N2O2/c1-11-8-12(5-6-15-11)13-4-3-7-16(9-13)14(17)10-18-2/h5-6,8,13H,3-4,7,9-10H2,1-2H3. The number of nitrogens with zero attached hydrogens (tertiary/aromatic N) is 2. The van der Waals surface area contributed by atoms with Crippen molar-refractivity contribution < 1.29 is 9.53 Å². The average molecular weight is 248 g/mol. The molecule has 0 aliphatic carbocycles. The number of hydrogen-bond acceptors (Lipinski definition) is 3. The van der Waals surface area contributed by atoms with E-state index in [9.17, 15) is 4.79 Å². The largest absolute Gasteiger partial charge is 0.375 e. The van der Waals surface area contributed by atoms with Crippen molar-refractivity contribution in [3.8, 4) is 0 Å². The van der Waals surface area contributed by atoms with Crippen molar-refractivity contribution in [1.82, 2.24) is 9.88 Å². The van der Waals surface area contributed by atoms with E-state index in [1.165, 1.54) is 5.56 Å². The highest BCUT2D eigenvalue weighted by atomic mass is 16.5. The molecule has 4 heteroatoms. The Labute approximate surface area is 108 Å². The summed E-state index contributed by atoms with van der Waals surface area (Å²) in [5, 5.41) is 0. The number of pyridine rings is 1. The lowest BCUT2D eigenvalue weighted by atomic mass is 9.91. The number of aromatic nitrogens is 1. The molecule has 1 aromatic rings. The Balaban J connectivity index is 2.04. The molecule has 1 amide bonds. The maximum absolute atomic E-state index is 11.8. The summed E-state index contributed by atoms with van der Waals surface area (Å²) in [5.41, 5.74) is 2.32. The summed E-state index contributed by atoms with van der Waals surface area (Å²) in [5.74, 6) is 0.522. The van der Waals surface area contributed by atoms with E-state index >= 15 is 0 Å². The van der Waals surface area contributed by atoms with E-state index in [2.05, 4.69) is 17.1 Å². The zero-order valence-electron chi connectivity index (χ0n) is 11.1. The molecule has 0 N–H and O–H groups in total. The minimum Gasteiger partial charge on any atom is -0.375 e. The summed E-state index contributed by atoms with van der Waals surface area (Å²) in [4.78, 5) is 18.0. The van der Waals surface area contributed by atoms with Gasteiger partial charge >= 0.3 is 0 Å². The molecule has 0 bridgehead atoms. The lowest BCUT2D eigenvalue weighted by Gasteiger charge is -2.33. The molecule has 2 rings (SSSR count). The molecule has 2 heterocycles. The lowest BCUT2D eigenvalue weighted by Crippen LogP contribution is -2.40. The predicted molar refractivity (Wildman–Crippen MR) is 69.4 cm³/mol. The smallest absolute Gasteiger partial charge is 0.248 e. The predicted octanol–water partition coefficient (Wildman–Crippen LogP) is 1.74. The van der Waals surface area contributed by atoms with Gasteiger partial charge in [-0.2, -0.15) is 0 Å². The van der Waals surface area contributed by atoms with Gasteiger partial charge in [0.15, 0.2) is 0 Å². The number of carbonyl (C=O) groups excluding carboxylic acids is 1. The third-order valence-electron chi connectivity index (χ3n) is 3.43. The van der Waals surface area contributed by atoms with Crippen molar-refractivity contribution in [2.24, 2.45) is 0 Å². The average Bonchev–Trinajstić information content (AvgIpc) is 2.39. The number of amides is 1. The zero-order chi connectivity index (χ0) is 13.0. The first-order valence-corrected chi connectivity index (χ1v) is 6.40. The van der Waals surface area contributed by atoms with Crippen molar-refractivity contribution in [1.29, 1.82) is 0 Å². The Morgan fingerprint density at radius 3 is 3.17 bits per heavy atom. The molecule has 1 unspecified atom stereocenters. The summed E-state index contributed by atoms with van der Waals surface area (Å²) in [6.45, 7) is 3.83. The third-order valence-corrected chi connectivity index (χ3v) is 3.43. The van der Waals surface area contributed by atoms with Crippen LogP contribution in [-0.2, 0) is 9.53 Å². The SMILES string of the molecule is COCC(=O)N1CCCC(c2ccnc(C)c2)C1. The molecule has 1 saturated heterocycles. The summed E-state index contributed by atoms with van der Waals surface area (Å²) in [6.07, 6.45) is 4.04. The topological polar surface area (TPSA) is 42.4 Å². The second-order valence-corrected chi connectivity index (χ2v) is 4.84. The fraction of sp³-hybridized carbons (Fsp3) is 0.571. The molecule has 1 aliphatic rings. The Morgan fingerprint density at radius 1 is 1.61 bits per heavy atom. The van der Waals surface area contributed by atoms with Gasteiger partial charge in [0.05, 0.1) is 0 Å². The number of rotatable bonds is 3. The molecular formula is C14H20N2O2. The maximum Gasteiger partial charge on any atom is 0.248 e. The number of likely N-dealkylation sites (tertiary alicyclic amines) is 1. The van der Waals surface area contributed by atoms with Crippen molar-refractivity contribution >= 4 is 5.91 Å². The summed E-state index contributed by atoms with van der Waals surface area (Å²) in [7, 11) is 1.56. The zero-order valence-corrected chi connectivity index (χ0v) is 11.1. The second kappa shape index (κ2) is 5.96. The quantitative estimate of drug-likeness (QED) is 0.818. The van der Waals surface area contributed by atoms with Crippen LogP contribution in [0.5, 0.6) is 0 Å². The fourth-order valence-corrected chi connectivity index (χ4v) is 2.51.